The van der Waals surface area contributed by atoms with E-state index in [1.807, 2.05) is 24.3 Å². The highest BCUT2D eigenvalue weighted by Crippen LogP contribution is 2.15. The van der Waals surface area contributed by atoms with E-state index in [1.165, 1.54) is 11.6 Å². The molecule has 1 amide bonds. The maximum Gasteiger partial charge on any atom is 0.331 e. The van der Waals surface area contributed by atoms with Gasteiger partial charge in [-0.1, -0.05) is 50.2 Å². The third kappa shape index (κ3) is 6.79. The van der Waals surface area contributed by atoms with Crippen molar-refractivity contribution in [3.05, 3.63) is 71.3 Å². The third-order valence-electron chi connectivity index (χ3n) is 3.88. The van der Waals surface area contributed by atoms with Crippen LogP contribution in [-0.2, 0) is 20.7 Å². The van der Waals surface area contributed by atoms with Gasteiger partial charge in [0.2, 0.25) is 0 Å². The summed E-state index contributed by atoms with van der Waals surface area (Å²) in [6.45, 7) is 3.87. The van der Waals surface area contributed by atoms with Crippen LogP contribution < -0.4 is 5.32 Å². The van der Waals surface area contributed by atoms with Crippen molar-refractivity contribution >= 4 is 23.6 Å². The summed E-state index contributed by atoms with van der Waals surface area (Å²) in [6.07, 6.45) is 3.27. The molecule has 0 atom stereocenters. The number of hydrogen-bond donors (Lipinski definition) is 1. The molecule has 0 spiro atoms. The Morgan fingerprint density at radius 3 is 2.37 bits per heavy atom. The molecule has 0 radical (unpaired) electrons. The monoisotopic (exact) mass is 362 g/mol. The number of nitriles is 1. The van der Waals surface area contributed by atoms with Crippen LogP contribution in [0.5, 0.6) is 0 Å². The van der Waals surface area contributed by atoms with Crippen LogP contribution in [0.15, 0.2) is 54.6 Å². The van der Waals surface area contributed by atoms with E-state index < -0.39 is 11.9 Å². The third-order valence-corrected chi connectivity index (χ3v) is 3.88. The van der Waals surface area contributed by atoms with Crippen molar-refractivity contribution in [3.8, 4) is 6.07 Å². The molecule has 5 heteroatoms. The number of carbonyl (C=O) groups excluding carboxylic acids is 2. The van der Waals surface area contributed by atoms with Gasteiger partial charge in [-0.15, -0.1) is 0 Å². The molecule has 0 aliphatic carbocycles. The zero-order valence-corrected chi connectivity index (χ0v) is 15.4. The van der Waals surface area contributed by atoms with Crippen molar-refractivity contribution < 1.29 is 14.3 Å². The minimum atomic E-state index is -0.581. The van der Waals surface area contributed by atoms with Gasteiger partial charge in [-0.3, -0.25) is 4.79 Å². The predicted octanol–water partition coefficient (Wildman–Crippen LogP) is 4.07. The van der Waals surface area contributed by atoms with Gasteiger partial charge in [-0.25, -0.2) is 4.79 Å². The molecule has 0 heterocycles. The van der Waals surface area contributed by atoms with Crippen LogP contribution in [-0.4, -0.2) is 18.5 Å². The molecule has 0 fully saturated rings. The van der Waals surface area contributed by atoms with Gasteiger partial charge in [0.1, 0.15) is 0 Å². The van der Waals surface area contributed by atoms with Crippen LogP contribution in [0.25, 0.3) is 6.08 Å². The Labute approximate surface area is 159 Å². The van der Waals surface area contributed by atoms with Gasteiger partial charge in [0.15, 0.2) is 6.61 Å². The Kier molecular flexibility index (Phi) is 7.33. The Morgan fingerprint density at radius 1 is 1.11 bits per heavy atom. The fourth-order valence-corrected chi connectivity index (χ4v) is 2.34. The second kappa shape index (κ2) is 9.93. The largest absolute Gasteiger partial charge is 0.452 e. The number of carbonyl (C=O) groups is 2. The summed E-state index contributed by atoms with van der Waals surface area (Å²) < 4.78 is 4.94. The molecule has 2 rings (SSSR count). The number of anilines is 1. The lowest BCUT2D eigenvalue weighted by molar-refractivity contribution is -0.142. The maximum atomic E-state index is 11.8. The van der Waals surface area contributed by atoms with Crippen molar-refractivity contribution in [3.63, 3.8) is 0 Å². The average molecular weight is 362 g/mol. The van der Waals surface area contributed by atoms with E-state index in [9.17, 15) is 9.59 Å². The molecule has 0 unspecified atom stereocenters. The Morgan fingerprint density at radius 2 is 1.78 bits per heavy atom. The van der Waals surface area contributed by atoms with E-state index in [1.54, 1.807) is 30.3 Å². The van der Waals surface area contributed by atoms with Gasteiger partial charge in [0, 0.05) is 11.8 Å². The van der Waals surface area contributed by atoms with Crippen LogP contribution in [0.2, 0.25) is 0 Å². The zero-order chi connectivity index (χ0) is 19.6. The molecule has 0 saturated heterocycles. The number of amides is 1. The van der Waals surface area contributed by atoms with Gasteiger partial charge in [-0.05, 0) is 40.8 Å². The van der Waals surface area contributed by atoms with E-state index in [0.717, 1.165) is 11.1 Å². The number of esters is 1. The summed E-state index contributed by atoms with van der Waals surface area (Å²) >= 11 is 0. The first-order valence-corrected chi connectivity index (χ1v) is 8.68. The van der Waals surface area contributed by atoms with Gasteiger partial charge in [0.05, 0.1) is 12.5 Å². The molecule has 1 N–H and O–H groups in total. The van der Waals surface area contributed by atoms with Crippen LogP contribution >= 0.6 is 0 Å². The minimum Gasteiger partial charge on any atom is -0.452 e. The summed E-state index contributed by atoms with van der Waals surface area (Å²) in [5.74, 6) is -0.553. The Hall–Kier alpha value is -3.39. The normalized spacial score (nSPS) is 10.6. The first-order valence-electron chi connectivity index (χ1n) is 8.68. The Balaban J connectivity index is 1.78. The second-order valence-electron chi connectivity index (χ2n) is 6.34. The fourth-order valence-electron chi connectivity index (χ4n) is 2.34. The van der Waals surface area contributed by atoms with Crippen molar-refractivity contribution in [1.29, 1.82) is 5.26 Å². The zero-order valence-electron chi connectivity index (χ0n) is 15.4. The van der Waals surface area contributed by atoms with Gasteiger partial charge in [0.25, 0.3) is 5.91 Å². The average Bonchev–Trinajstić information content (AvgIpc) is 2.67. The molecule has 0 saturated carbocycles. The smallest absolute Gasteiger partial charge is 0.331 e. The highest BCUT2D eigenvalue weighted by atomic mass is 16.5. The molecule has 5 nitrogen and oxygen atoms in total. The number of hydrogen-bond acceptors (Lipinski definition) is 4. The van der Waals surface area contributed by atoms with Gasteiger partial charge >= 0.3 is 5.97 Å². The van der Waals surface area contributed by atoms with E-state index in [2.05, 4.69) is 25.2 Å². The topological polar surface area (TPSA) is 79.2 Å². The summed E-state index contributed by atoms with van der Waals surface area (Å²) in [6, 6.07) is 16.9. The lowest BCUT2D eigenvalue weighted by atomic mass is 10.0. The first-order chi connectivity index (χ1) is 13.0. The highest BCUT2D eigenvalue weighted by molar-refractivity contribution is 5.94. The first kappa shape index (κ1) is 19.9. The Bertz CT molecular complexity index is 845. The number of nitrogens with one attached hydrogen (secondary N) is 1. The molecule has 0 aromatic heterocycles. The standard InChI is InChI=1S/C22H22N2O3/c1-16(2)19-8-3-17(4-9-19)7-12-22(26)27-15-21(25)24-20-10-5-18(6-11-20)13-14-23/h3-12,16H,13,15H2,1-2H3,(H,24,25)/b12-7+. The number of rotatable bonds is 7. The number of nitrogens with zero attached hydrogens (tertiary/aromatic N) is 1. The van der Waals surface area contributed by atoms with E-state index in [-0.39, 0.29) is 6.61 Å². The molecule has 2 aromatic carbocycles. The van der Waals surface area contributed by atoms with Crippen LogP contribution in [0.1, 0.15) is 36.5 Å². The summed E-state index contributed by atoms with van der Waals surface area (Å²) in [5.41, 5.74) is 3.57. The summed E-state index contributed by atoms with van der Waals surface area (Å²) in [5, 5.41) is 11.3. The molecular weight excluding hydrogens is 340 g/mol. The molecule has 27 heavy (non-hydrogen) atoms. The summed E-state index contributed by atoms with van der Waals surface area (Å²) in [4.78, 5) is 23.6. The SMILES string of the molecule is CC(C)c1ccc(/C=C/C(=O)OCC(=O)Nc2ccc(CC#N)cc2)cc1. The molecule has 2 aromatic rings. The predicted molar refractivity (Wildman–Crippen MR) is 105 cm³/mol. The summed E-state index contributed by atoms with van der Waals surface area (Å²) in [7, 11) is 0. The van der Waals surface area contributed by atoms with Crippen molar-refractivity contribution in [2.45, 2.75) is 26.2 Å². The van der Waals surface area contributed by atoms with Crippen LogP contribution in [0, 0.1) is 11.3 Å². The molecule has 0 bridgehead atoms. The lowest BCUT2D eigenvalue weighted by Crippen LogP contribution is -2.20. The van der Waals surface area contributed by atoms with Gasteiger partial charge < -0.3 is 10.1 Å². The molecule has 0 aliphatic heterocycles. The van der Waals surface area contributed by atoms with Crippen LogP contribution in [0.4, 0.5) is 5.69 Å². The van der Waals surface area contributed by atoms with E-state index in [0.29, 0.717) is 18.0 Å². The number of benzene rings is 2. The minimum absolute atomic E-state index is 0.318. The van der Waals surface area contributed by atoms with Crippen LogP contribution in [0.3, 0.4) is 0 Å². The maximum absolute atomic E-state index is 11.8. The molecule has 138 valence electrons. The molecule has 0 aliphatic rings. The lowest BCUT2D eigenvalue weighted by Gasteiger charge is -2.06. The van der Waals surface area contributed by atoms with Crippen molar-refractivity contribution in [2.24, 2.45) is 0 Å². The quantitative estimate of drug-likeness (QED) is 0.595. The fraction of sp³-hybridized carbons (Fsp3) is 0.227. The highest BCUT2D eigenvalue weighted by Gasteiger charge is 2.06. The van der Waals surface area contributed by atoms with Gasteiger partial charge in [-0.2, -0.15) is 5.26 Å². The molecular formula is C22H22N2O3. The van der Waals surface area contributed by atoms with E-state index >= 15 is 0 Å². The number of ether oxygens (including phenoxy) is 1. The van der Waals surface area contributed by atoms with E-state index in [4.69, 9.17) is 10.00 Å². The van der Waals surface area contributed by atoms with Crippen molar-refractivity contribution in [2.75, 3.05) is 11.9 Å². The second-order valence-corrected chi connectivity index (χ2v) is 6.34. The van der Waals surface area contributed by atoms with Crippen molar-refractivity contribution in [1.82, 2.24) is 0 Å².